The molecule has 0 saturated carbocycles. The number of aromatic nitrogens is 1. The molecule has 2 rings (SSSR count). The number of fused-ring (bicyclic) bond motifs is 1. The number of pyridine rings is 1. The molecule has 1 N–H and O–H groups in total. The van der Waals surface area contributed by atoms with Gasteiger partial charge in [-0.3, -0.25) is 0 Å². The van der Waals surface area contributed by atoms with Gasteiger partial charge in [-0.15, -0.1) is 0 Å². The number of carbonyl (C=O) groups is 1. The van der Waals surface area contributed by atoms with E-state index in [1.165, 1.54) is 6.07 Å². The van der Waals surface area contributed by atoms with Crippen LogP contribution in [0, 0.1) is 0 Å². The predicted octanol–water partition coefficient (Wildman–Crippen LogP) is 2.59. The van der Waals surface area contributed by atoms with Crippen molar-refractivity contribution in [2.75, 3.05) is 0 Å². The second-order valence-corrected chi connectivity index (χ2v) is 3.23. The molecule has 0 aliphatic heterocycles. The molecule has 0 aliphatic carbocycles. The molecule has 3 nitrogen and oxygen atoms in total. The molecular formula is C10H6ClNO2. The number of nitrogens with zero attached hydrogens (tertiary/aromatic N) is 1. The van der Waals surface area contributed by atoms with Crippen LogP contribution < -0.4 is 0 Å². The first kappa shape index (κ1) is 8.97. The first-order chi connectivity index (χ1) is 6.66. The van der Waals surface area contributed by atoms with Crippen molar-refractivity contribution in [3.63, 3.8) is 0 Å². The summed E-state index contributed by atoms with van der Waals surface area (Å²) in [5.74, 6) is -0.964. The molecule has 0 aliphatic rings. The van der Waals surface area contributed by atoms with Crippen molar-refractivity contribution < 1.29 is 9.90 Å². The summed E-state index contributed by atoms with van der Waals surface area (Å²) in [5, 5.41) is 9.99. The van der Waals surface area contributed by atoms with E-state index in [1.807, 2.05) is 0 Å². The molecule has 2 aromatic rings. The van der Waals surface area contributed by atoms with Crippen LogP contribution in [0.25, 0.3) is 10.9 Å². The van der Waals surface area contributed by atoms with Gasteiger partial charge in [0.25, 0.3) is 0 Å². The second kappa shape index (κ2) is 3.27. The van der Waals surface area contributed by atoms with Crippen molar-refractivity contribution in [1.29, 1.82) is 0 Å². The van der Waals surface area contributed by atoms with Gasteiger partial charge in [0.2, 0.25) is 0 Å². The summed E-state index contributed by atoms with van der Waals surface area (Å²) in [6.45, 7) is 0. The number of hydrogen-bond donors (Lipinski definition) is 1. The lowest BCUT2D eigenvalue weighted by Gasteiger charge is -1.99. The number of halogens is 1. The minimum absolute atomic E-state index is 0.215. The Hall–Kier alpha value is -1.61. The van der Waals surface area contributed by atoms with E-state index in [0.717, 1.165) is 5.39 Å². The molecule has 1 aromatic heterocycles. The smallest absolute Gasteiger partial charge is 0.335 e. The number of rotatable bonds is 1. The molecule has 0 radical (unpaired) electrons. The Labute approximate surface area is 85.0 Å². The van der Waals surface area contributed by atoms with Gasteiger partial charge in [0, 0.05) is 5.39 Å². The third-order valence-corrected chi connectivity index (χ3v) is 2.12. The van der Waals surface area contributed by atoms with Crippen LogP contribution in [0.1, 0.15) is 10.4 Å². The standard InChI is InChI=1S/C10H6ClNO2/c11-9-4-3-6-1-2-7(10(13)14)5-8(6)12-9/h1-5H,(H,13,14). The average Bonchev–Trinajstić information content (AvgIpc) is 2.16. The average molecular weight is 208 g/mol. The highest BCUT2D eigenvalue weighted by molar-refractivity contribution is 6.29. The van der Waals surface area contributed by atoms with Crippen molar-refractivity contribution in [3.8, 4) is 0 Å². The molecule has 14 heavy (non-hydrogen) atoms. The van der Waals surface area contributed by atoms with E-state index < -0.39 is 5.97 Å². The fourth-order valence-electron chi connectivity index (χ4n) is 1.23. The maximum absolute atomic E-state index is 10.7. The quantitative estimate of drug-likeness (QED) is 0.732. The van der Waals surface area contributed by atoms with E-state index in [4.69, 9.17) is 16.7 Å². The van der Waals surface area contributed by atoms with Gasteiger partial charge in [-0.1, -0.05) is 17.7 Å². The van der Waals surface area contributed by atoms with E-state index in [9.17, 15) is 4.79 Å². The molecular weight excluding hydrogens is 202 g/mol. The number of hydrogen-bond acceptors (Lipinski definition) is 2. The fraction of sp³-hybridized carbons (Fsp3) is 0. The van der Waals surface area contributed by atoms with Crippen molar-refractivity contribution >= 4 is 28.5 Å². The monoisotopic (exact) mass is 207 g/mol. The third kappa shape index (κ3) is 1.54. The van der Waals surface area contributed by atoms with E-state index in [2.05, 4.69) is 4.98 Å². The predicted molar refractivity (Wildman–Crippen MR) is 53.7 cm³/mol. The summed E-state index contributed by atoms with van der Waals surface area (Å²) in [7, 11) is 0. The second-order valence-electron chi connectivity index (χ2n) is 2.85. The van der Waals surface area contributed by atoms with Crippen LogP contribution in [-0.2, 0) is 0 Å². The Kier molecular flexibility index (Phi) is 2.09. The van der Waals surface area contributed by atoms with Crippen molar-refractivity contribution in [2.45, 2.75) is 0 Å². The van der Waals surface area contributed by atoms with Gasteiger partial charge in [-0.05, 0) is 24.3 Å². The first-order valence-corrected chi connectivity index (χ1v) is 4.34. The number of aromatic carboxylic acids is 1. The van der Waals surface area contributed by atoms with Crippen LogP contribution >= 0.6 is 11.6 Å². The zero-order valence-corrected chi connectivity index (χ0v) is 7.82. The van der Waals surface area contributed by atoms with Crippen LogP contribution in [0.15, 0.2) is 30.3 Å². The van der Waals surface area contributed by atoms with Gasteiger partial charge >= 0.3 is 5.97 Å². The highest BCUT2D eigenvalue weighted by atomic mass is 35.5. The minimum atomic E-state index is -0.964. The topological polar surface area (TPSA) is 50.2 Å². The summed E-state index contributed by atoms with van der Waals surface area (Å²) < 4.78 is 0. The molecule has 0 fully saturated rings. The Morgan fingerprint density at radius 2 is 2.00 bits per heavy atom. The van der Waals surface area contributed by atoms with E-state index in [-0.39, 0.29) is 5.56 Å². The molecule has 70 valence electrons. The maximum Gasteiger partial charge on any atom is 0.335 e. The molecule has 4 heteroatoms. The fourth-order valence-corrected chi connectivity index (χ4v) is 1.38. The van der Waals surface area contributed by atoms with Gasteiger partial charge in [0.15, 0.2) is 0 Å². The van der Waals surface area contributed by atoms with E-state index in [0.29, 0.717) is 10.7 Å². The van der Waals surface area contributed by atoms with Gasteiger partial charge in [-0.2, -0.15) is 0 Å². The van der Waals surface area contributed by atoms with Crippen LogP contribution in [0.5, 0.6) is 0 Å². The van der Waals surface area contributed by atoms with Crippen LogP contribution in [0.3, 0.4) is 0 Å². The normalized spacial score (nSPS) is 10.4. The summed E-state index contributed by atoms with van der Waals surface area (Å²) in [6.07, 6.45) is 0. The lowest BCUT2D eigenvalue weighted by molar-refractivity contribution is 0.0697. The van der Waals surface area contributed by atoms with Crippen LogP contribution in [0.2, 0.25) is 5.15 Å². The van der Waals surface area contributed by atoms with Crippen molar-refractivity contribution in [2.24, 2.45) is 0 Å². The zero-order chi connectivity index (χ0) is 10.1. The van der Waals surface area contributed by atoms with Gasteiger partial charge in [0.05, 0.1) is 11.1 Å². The van der Waals surface area contributed by atoms with Gasteiger partial charge in [-0.25, -0.2) is 9.78 Å². The number of carboxylic acid groups (broad SMARTS) is 1. The Bertz CT molecular complexity index is 510. The Balaban J connectivity index is 2.69. The van der Waals surface area contributed by atoms with Crippen LogP contribution in [0.4, 0.5) is 0 Å². The Morgan fingerprint density at radius 3 is 2.71 bits per heavy atom. The van der Waals surface area contributed by atoms with Crippen LogP contribution in [-0.4, -0.2) is 16.1 Å². The highest BCUT2D eigenvalue weighted by Crippen LogP contribution is 2.16. The zero-order valence-electron chi connectivity index (χ0n) is 7.07. The molecule has 1 heterocycles. The first-order valence-electron chi connectivity index (χ1n) is 3.96. The molecule has 0 spiro atoms. The van der Waals surface area contributed by atoms with Gasteiger partial charge in [0.1, 0.15) is 5.15 Å². The molecule has 1 aromatic carbocycles. The largest absolute Gasteiger partial charge is 0.478 e. The lowest BCUT2D eigenvalue weighted by Crippen LogP contribution is -1.95. The lowest BCUT2D eigenvalue weighted by atomic mass is 10.1. The SMILES string of the molecule is O=C(O)c1ccc2ccc(Cl)nc2c1. The highest BCUT2D eigenvalue weighted by Gasteiger charge is 2.04. The molecule has 0 saturated heterocycles. The van der Waals surface area contributed by atoms with Crippen molar-refractivity contribution in [3.05, 3.63) is 41.0 Å². The third-order valence-electron chi connectivity index (χ3n) is 1.91. The van der Waals surface area contributed by atoms with E-state index in [1.54, 1.807) is 24.3 Å². The Morgan fingerprint density at radius 1 is 1.29 bits per heavy atom. The summed E-state index contributed by atoms with van der Waals surface area (Å²) in [4.78, 5) is 14.7. The summed E-state index contributed by atoms with van der Waals surface area (Å²) in [5.41, 5.74) is 0.810. The molecule has 0 unspecified atom stereocenters. The minimum Gasteiger partial charge on any atom is -0.478 e. The number of carboxylic acids is 1. The number of benzene rings is 1. The van der Waals surface area contributed by atoms with Gasteiger partial charge < -0.3 is 5.11 Å². The maximum atomic E-state index is 10.7. The molecule has 0 bridgehead atoms. The molecule has 0 amide bonds. The van der Waals surface area contributed by atoms with Crippen molar-refractivity contribution in [1.82, 2.24) is 4.98 Å². The van der Waals surface area contributed by atoms with E-state index >= 15 is 0 Å². The summed E-state index contributed by atoms with van der Waals surface area (Å²) >= 11 is 5.69. The summed E-state index contributed by atoms with van der Waals surface area (Å²) in [6, 6.07) is 8.23. The molecule has 0 atom stereocenters.